The van der Waals surface area contributed by atoms with Gasteiger partial charge in [-0.3, -0.25) is 4.79 Å². The minimum absolute atomic E-state index is 0.119. The molecule has 1 amide bonds. The smallest absolute Gasteiger partial charge is 0.246 e. The third kappa shape index (κ3) is 4.84. The van der Waals surface area contributed by atoms with E-state index in [0.717, 1.165) is 5.56 Å². The number of rotatable bonds is 6. The largest absolute Gasteiger partial charge is 0.497 e. The van der Waals surface area contributed by atoms with Crippen molar-refractivity contribution >= 4 is 12.0 Å². The second-order valence-corrected chi connectivity index (χ2v) is 4.64. The van der Waals surface area contributed by atoms with E-state index in [1.54, 1.807) is 33.4 Å². The number of benzene rings is 1. The molecule has 0 saturated carbocycles. The second-order valence-electron chi connectivity index (χ2n) is 4.64. The molecule has 1 rings (SSSR count). The molecule has 0 N–H and O–H groups in total. The maximum absolute atomic E-state index is 12.0. The Morgan fingerprint density at radius 2 is 1.90 bits per heavy atom. The summed E-state index contributed by atoms with van der Waals surface area (Å²) in [6.07, 6.45) is 3.48. The number of amides is 1. The van der Waals surface area contributed by atoms with Gasteiger partial charge in [-0.1, -0.05) is 0 Å². The van der Waals surface area contributed by atoms with Gasteiger partial charge in [-0.2, -0.15) is 5.26 Å². The highest BCUT2D eigenvalue weighted by Gasteiger charge is 2.12. The second kappa shape index (κ2) is 7.95. The maximum Gasteiger partial charge on any atom is 0.246 e. The van der Waals surface area contributed by atoms with Crippen molar-refractivity contribution < 1.29 is 14.3 Å². The average molecular weight is 288 g/mol. The molecule has 0 unspecified atom stereocenters. The normalized spacial score (nSPS) is 11.8. The number of carbonyl (C=O) groups is 1. The van der Waals surface area contributed by atoms with Crippen LogP contribution in [0.2, 0.25) is 0 Å². The van der Waals surface area contributed by atoms with Crippen molar-refractivity contribution in [3.63, 3.8) is 0 Å². The van der Waals surface area contributed by atoms with Gasteiger partial charge in [0.15, 0.2) is 0 Å². The molecule has 0 bridgehead atoms. The summed E-state index contributed by atoms with van der Waals surface area (Å²) in [7, 11) is 4.83. The van der Waals surface area contributed by atoms with Gasteiger partial charge in [0.05, 0.1) is 26.7 Å². The topological polar surface area (TPSA) is 62.6 Å². The molecule has 0 fully saturated rings. The summed E-state index contributed by atoms with van der Waals surface area (Å²) >= 11 is 0. The van der Waals surface area contributed by atoms with Crippen molar-refractivity contribution in [2.45, 2.75) is 19.4 Å². The number of methoxy groups -OCH3 is 2. The highest BCUT2D eigenvalue weighted by atomic mass is 16.5. The van der Waals surface area contributed by atoms with Gasteiger partial charge in [-0.25, -0.2) is 0 Å². The van der Waals surface area contributed by atoms with Gasteiger partial charge < -0.3 is 14.4 Å². The number of nitrogens with zero attached hydrogens (tertiary/aromatic N) is 2. The van der Waals surface area contributed by atoms with Crippen LogP contribution < -0.4 is 9.47 Å². The van der Waals surface area contributed by atoms with E-state index >= 15 is 0 Å². The number of carbonyl (C=O) groups excluding carboxylic acids is 1. The molecular formula is C16H20N2O3. The Labute approximate surface area is 125 Å². The van der Waals surface area contributed by atoms with E-state index in [4.69, 9.17) is 14.7 Å². The number of hydrogen-bond donors (Lipinski definition) is 0. The van der Waals surface area contributed by atoms with Crippen molar-refractivity contribution in [1.82, 2.24) is 4.90 Å². The minimum Gasteiger partial charge on any atom is -0.497 e. The third-order valence-electron chi connectivity index (χ3n) is 3.19. The number of hydrogen-bond acceptors (Lipinski definition) is 4. The predicted octanol–water partition coefficient (Wildman–Crippen LogP) is 2.48. The summed E-state index contributed by atoms with van der Waals surface area (Å²) in [6.45, 7) is 1.84. The summed E-state index contributed by atoms with van der Waals surface area (Å²) < 4.78 is 10.4. The molecule has 21 heavy (non-hydrogen) atoms. The molecule has 0 heterocycles. The van der Waals surface area contributed by atoms with Crippen LogP contribution in [0.5, 0.6) is 11.5 Å². The van der Waals surface area contributed by atoms with Gasteiger partial charge >= 0.3 is 0 Å². The fraction of sp³-hybridized carbons (Fsp3) is 0.375. The minimum atomic E-state index is -0.153. The Kier molecular flexibility index (Phi) is 6.28. The molecule has 0 aromatic heterocycles. The average Bonchev–Trinajstić information content (AvgIpc) is 2.51. The lowest BCUT2D eigenvalue weighted by atomic mass is 10.1. The molecule has 0 aliphatic heterocycles. The van der Waals surface area contributed by atoms with E-state index in [9.17, 15) is 4.79 Å². The van der Waals surface area contributed by atoms with E-state index < -0.39 is 0 Å². The molecular weight excluding hydrogens is 268 g/mol. The Morgan fingerprint density at radius 3 is 2.38 bits per heavy atom. The van der Waals surface area contributed by atoms with Gasteiger partial charge in [0.2, 0.25) is 5.91 Å². The first-order chi connectivity index (χ1) is 10.0. The van der Waals surface area contributed by atoms with Gasteiger partial charge in [-0.05, 0) is 30.7 Å². The van der Waals surface area contributed by atoms with Crippen LogP contribution >= 0.6 is 0 Å². The molecule has 0 radical (unpaired) electrons. The van der Waals surface area contributed by atoms with E-state index in [0.29, 0.717) is 17.9 Å². The highest BCUT2D eigenvalue weighted by molar-refractivity contribution is 5.91. The molecule has 1 aromatic rings. The molecule has 0 spiro atoms. The van der Waals surface area contributed by atoms with Crippen molar-refractivity contribution in [3.05, 3.63) is 29.8 Å². The van der Waals surface area contributed by atoms with Crippen LogP contribution in [0, 0.1) is 11.3 Å². The van der Waals surface area contributed by atoms with Gasteiger partial charge in [-0.15, -0.1) is 0 Å². The fourth-order valence-corrected chi connectivity index (χ4v) is 1.70. The van der Waals surface area contributed by atoms with Crippen LogP contribution in [0.15, 0.2) is 24.3 Å². The molecule has 5 heteroatoms. The van der Waals surface area contributed by atoms with Crippen LogP contribution in [0.25, 0.3) is 6.08 Å². The van der Waals surface area contributed by atoms with E-state index in [-0.39, 0.29) is 11.9 Å². The van der Waals surface area contributed by atoms with E-state index in [1.165, 1.54) is 11.0 Å². The molecule has 1 aromatic carbocycles. The van der Waals surface area contributed by atoms with Gasteiger partial charge in [0, 0.05) is 25.2 Å². The lowest BCUT2D eigenvalue weighted by molar-refractivity contribution is -0.126. The number of nitriles is 1. The van der Waals surface area contributed by atoms with Gasteiger partial charge in [0.1, 0.15) is 11.5 Å². The Balaban J connectivity index is 2.85. The molecule has 0 aliphatic carbocycles. The monoisotopic (exact) mass is 288 g/mol. The zero-order valence-corrected chi connectivity index (χ0v) is 12.8. The molecule has 5 nitrogen and oxygen atoms in total. The third-order valence-corrected chi connectivity index (χ3v) is 3.19. The Bertz CT molecular complexity index is 539. The first-order valence-electron chi connectivity index (χ1n) is 6.56. The first kappa shape index (κ1) is 16.6. The van der Waals surface area contributed by atoms with Crippen LogP contribution in [0.4, 0.5) is 0 Å². The van der Waals surface area contributed by atoms with Crippen molar-refractivity contribution in [1.29, 1.82) is 5.26 Å². The molecule has 0 saturated heterocycles. The van der Waals surface area contributed by atoms with Gasteiger partial charge in [0.25, 0.3) is 0 Å². The zero-order valence-electron chi connectivity index (χ0n) is 12.8. The summed E-state index contributed by atoms with van der Waals surface area (Å²) in [5, 5.41) is 8.66. The predicted molar refractivity (Wildman–Crippen MR) is 81.0 cm³/mol. The van der Waals surface area contributed by atoms with Crippen LogP contribution in [0.1, 0.15) is 18.9 Å². The number of ether oxygens (including phenoxy) is 2. The van der Waals surface area contributed by atoms with Crippen LogP contribution in [-0.4, -0.2) is 38.1 Å². The van der Waals surface area contributed by atoms with E-state index in [2.05, 4.69) is 6.07 Å². The summed E-state index contributed by atoms with van der Waals surface area (Å²) in [4.78, 5) is 13.5. The van der Waals surface area contributed by atoms with Crippen molar-refractivity contribution in [2.75, 3.05) is 21.3 Å². The summed E-state index contributed by atoms with van der Waals surface area (Å²) in [5.41, 5.74) is 0.806. The molecule has 1 atom stereocenters. The summed E-state index contributed by atoms with van der Waals surface area (Å²) in [6, 6.07) is 7.32. The first-order valence-corrected chi connectivity index (χ1v) is 6.56. The zero-order chi connectivity index (χ0) is 15.8. The lowest BCUT2D eigenvalue weighted by Crippen LogP contribution is -2.33. The highest BCUT2D eigenvalue weighted by Crippen LogP contribution is 2.23. The SMILES string of the molecule is COc1cc(/C=C/C(=O)N(C)[C@@H](C)CC#N)cc(OC)c1. The van der Waals surface area contributed by atoms with E-state index in [1.807, 2.05) is 19.1 Å². The standard InChI is InChI=1S/C16H20N2O3/c1-12(7-8-17)18(2)16(19)6-5-13-9-14(20-3)11-15(10-13)21-4/h5-6,9-12H,7H2,1-4H3/b6-5+/t12-/m0/s1. The fourth-order valence-electron chi connectivity index (χ4n) is 1.70. The molecule has 112 valence electrons. The van der Waals surface area contributed by atoms with Crippen molar-refractivity contribution in [3.8, 4) is 17.6 Å². The maximum atomic E-state index is 12.0. The summed E-state index contributed by atoms with van der Waals surface area (Å²) in [5.74, 6) is 1.17. The Hall–Kier alpha value is -2.48. The van der Waals surface area contributed by atoms with Crippen LogP contribution in [-0.2, 0) is 4.79 Å². The lowest BCUT2D eigenvalue weighted by Gasteiger charge is -2.21. The van der Waals surface area contributed by atoms with Crippen LogP contribution in [0.3, 0.4) is 0 Å². The quantitative estimate of drug-likeness (QED) is 0.754. The number of likely N-dealkylation sites (N-methyl/N-ethyl adjacent to an activating group) is 1. The van der Waals surface area contributed by atoms with Crippen molar-refractivity contribution in [2.24, 2.45) is 0 Å². The molecule has 0 aliphatic rings. The Morgan fingerprint density at radius 1 is 1.33 bits per heavy atom.